The van der Waals surface area contributed by atoms with Crippen molar-refractivity contribution in [3.05, 3.63) is 78.0 Å². The highest BCUT2D eigenvalue weighted by Crippen LogP contribution is 2.34. The van der Waals surface area contributed by atoms with Crippen molar-refractivity contribution in [3.8, 4) is 11.3 Å². The van der Waals surface area contributed by atoms with E-state index in [1.807, 2.05) is 59.6 Å². The van der Waals surface area contributed by atoms with Gasteiger partial charge in [-0.1, -0.05) is 48.5 Å². The molecule has 2 aliphatic rings. The van der Waals surface area contributed by atoms with Crippen LogP contribution >= 0.6 is 0 Å². The smallest absolute Gasteiger partial charge is 0.254 e. The van der Waals surface area contributed by atoms with Gasteiger partial charge in [0.05, 0.1) is 18.6 Å². The number of aliphatic imine (C=N–C) groups is 1. The van der Waals surface area contributed by atoms with Gasteiger partial charge in [0.2, 0.25) is 5.95 Å². The largest absolute Gasteiger partial charge is 0.340 e. The number of amides is 1. The van der Waals surface area contributed by atoms with Gasteiger partial charge in [0.25, 0.3) is 5.91 Å². The topological polar surface area (TPSA) is 99.7 Å². The Morgan fingerprint density at radius 3 is 2.52 bits per heavy atom. The van der Waals surface area contributed by atoms with Crippen LogP contribution in [0.5, 0.6) is 0 Å². The van der Waals surface area contributed by atoms with E-state index in [-0.39, 0.29) is 5.91 Å². The van der Waals surface area contributed by atoms with E-state index in [1.165, 1.54) is 6.34 Å². The molecule has 2 saturated heterocycles. The number of nitrogens with zero attached hydrogens (tertiary/aromatic N) is 5. The summed E-state index contributed by atoms with van der Waals surface area (Å²) in [6.07, 6.45) is 3.26. The maximum atomic E-state index is 13.3. The Balaban J connectivity index is 1.26. The number of nitrogens with one attached hydrogen (secondary N) is 1. The molecule has 0 saturated carbocycles. The maximum Gasteiger partial charge on any atom is 0.254 e. The number of benzene rings is 2. The van der Waals surface area contributed by atoms with E-state index in [9.17, 15) is 4.79 Å². The number of carbonyl (C=O) groups excluding carboxylic acids is 1. The summed E-state index contributed by atoms with van der Waals surface area (Å²) in [5, 5.41) is 0. The van der Waals surface area contributed by atoms with Crippen molar-refractivity contribution in [3.63, 3.8) is 0 Å². The van der Waals surface area contributed by atoms with Crippen molar-refractivity contribution in [2.24, 2.45) is 22.7 Å². The number of nitrogens with two attached hydrogens (primary N) is 1. The Kier molecular flexibility index (Phi) is 5.99. The quantitative estimate of drug-likeness (QED) is 0.264. The summed E-state index contributed by atoms with van der Waals surface area (Å²) in [6, 6.07) is 19.8. The maximum absolute atomic E-state index is 13.3. The minimum atomic E-state index is 0.0739. The molecule has 1 amide bonds. The van der Waals surface area contributed by atoms with E-state index in [0.29, 0.717) is 23.9 Å². The number of anilines is 1. The second-order valence-electron chi connectivity index (χ2n) is 8.54. The molecule has 0 bridgehead atoms. The highest BCUT2D eigenvalue weighted by atomic mass is 16.2. The summed E-state index contributed by atoms with van der Waals surface area (Å²) < 4.78 is 0. The van der Waals surface area contributed by atoms with E-state index in [2.05, 4.69) is 32.4 Å². The zero-order valence-corrected chi connectivity index (χ0v) is 18.3. The summed E-state index contributed by atoms with van der Waals surface area (Å²) >= 11 is 0. The summed E-state index contributed by atoms with van der Waals surface area (Å²) in [5.74, 6) is 6.93. The van der Waals surface area contributed by atoms with Gasteiger partial charge in [-0.2, -0.15) is 0 Å². The van der Waals surface area contributed by atoms with Crippen molar-refractivity contribution < 1.29 is 4.79 Å². The van der Waals surface area contributed by atoms with Crippen molar-refractivity contribution in [1.29, 1.82) is 0 Å². The number of carbonyl (C=O) groups is 1. The van der Waals surface area contributed by atoms with Gasteiger partial charge in [-0.15, -0.1) is 0 Å². The Morgan fingerprint density at radius 2 is 1.76 bits per heavy atom. The Hall–Kier alpha value is -3.78. The number of aromatic nitrogens is 2. The average Bonchev–Trinajstić information content (AvgIpc) is 3.45. The SMILES string of the molecule is NNC=NCc1ccccc1C(=O)N1CC2CN(c3nccc(-c4ccccc4)n3)CC2C1. The lowest BCUT2D eigenvalue weighted by molar-refractivity contribution is 0.0781. The standard InChI is InChI=1S/C25H27N7O/c26-29-17-27-12-19-8-4-5-9-22(19)24(33)31-13-20-15-32(16-21(20)14-31)25-28-11-10-23(30-25)18-6-2-1-3-7-18/h1-11,17,20-21H,12-16,26H2,(H,27,29). The highest BCUT2D eigenvalue weighted by molar-refractivity contribution is 5.96. The molecule has 2 unspecified atom stereocenters. The van der Waals surface area contributed by atoms with E-state index in [0.717, 1.165) is 48.9 Å². The third-order valence-corrected chi connectivity index (χ3v) is 6.44. The van der Waals surface area contributed by atoms with Crippen molar-refractivity contribution >= 4 is 18.2 Å². The van der Waals surface area contributed by atoms with Crippen LogP contribution in [-0.4, -0.2) is 53.3 Å². The van der Waals surface area contributed by atoms with Crippen molar-refractivity contribution in [1.82, 2.24) is 20.3 Å². The number of hydrogen-bond donors (Lipinski definition) is 2. The van der Waals surface area contributed by atoms with Crippen LogP contribution in [0.15, 0.2) is 71.9 Å². The van der Waals surface area contributed by atoms with Crippen LogP contribution in [0.2, 0.25) is 0 Å². The number of likely N-dealkylation sites (tertiary alicyclic amines) is 1. The fraction of sp³-hybridized carbons (Fsp3) is 0.280. The predicted molar refractivity (Wildman–Crippen MR) is 129 cm³/mol. The first-order valence-electron chi connectivity index (χ1n) is 11.2. The van der Waals surface area contributed by atoms with Crippen molar-refractivity contribution in [2.45, 2.75) is 6.54 Å². The molecule has 3 heterocycles. The van der Waals surface area contributed by atoms with Gasteiger partial charge in [0.1, 0.15) is 0 Å². The second-order valence-corrected chi connectivity index (χ2v) is 8.54. The molecule has 0 radical (unpaired) electrons. The lowest BCUT2D eigenvalue weighted by Gasteiger charge is -2.23. The first-order valence-corrected chi connectivity index (χ1v) is 11.2. The average molecular weight is 442 g/mol. The molecule has 0 aliphatic carbocycles. The van der Waals surface area contributed by atoms with E-state index >= 15 is 0 Å². The van der Waals surface area contributed by atoms with Crippen LogP contribution in [0.4, 0.5) is 5.95 Å². The molecule has 33 heavy (non-hydrogen) atoms. The van der Waals surface area contributed by atoms with Gasteiger partial charge in [-0.05, 0) is 17.7 Å². The van der Waals surface area contributed by atoms with Crippen LogP contribution in [0.3, 0.4) is 0 Å². The van der Waals surface area contributed by atoms with Gasteiger partial charge in [-0.3, -0.25) is 9.79 Å². The zero-order chi connectivity index (χ0) is 22.6. The minimum absolute atomic E-state index is 0.0739. The number of hydrogen-bond acceptors (Lipinski definition) is 6. The monoisotopic (exact) mass is 441 g/mol. The van der Waals surface area contributed by atoms with E-state index in [1.54, 1.807) is 0 Å². The number of rotatable bonds is 6. The summed E-state index contributed by atoms with van der Waals surface area (Å²) in [7, 11) is 0. The second kappa shape index (κ2) is 9.38. The highest BCUT2D eigenvalue weighted by Gasteiger charge is 2.42. The van der Waals surface area contributed by atoms with Gasteiger partial charge in [0, 0.05) is 55.3 Å². The summed E-state index contributed by atoms with van der Waals surface area (Å²) in [4.78, 5) is 31.1. The molecule has 168 valence electrons. The van der Waals surface area contributed by atoms with Crippen LogP contribution in [-0.2, 0) is 6.54 Å². The number of fused-ring (bicyclic) bond motifs is 1. The Labute approximate surface area is 193 Å². The first kappa shape index (κ1) is 21.1. The lowest BCUT2D eigenvalue weighted by atomic mass is 10.0. The molecule has 3 N–H and O–H groups in total. The molecule has 3 aromatic rings. The third-order valence-electron chi connectivity index (χ3n) is 6.44. The molecule has 8 nitrogen and oxygen atoms in total. The Morgan fingerprint density at radius 1 is 1.03 bits per heavy atom. The van der Waals surface area contributed by atoms with Gasteiger partial charge >= 0.3 is 0 Å². The molecule has 8 heteroatoms. The molecule has 0 spiro atoms. The molecule has 2 aliphatic heterocycles. The molecule has 2 aromatic carbocycles. The summed E-state index contributed by atoms with van der Waals surface area (Å²) in [5.41, 5.74) is 6.02. The molecular weight excluding hydrogens is 414 g/mol. The van der Waals surface area contributed by atoms with Crippen LogP contribution in [0, 0.1) is 11.8 Å². The fourth-order valence-electron chi connectivity index (χ4n) is 4.83. The zero-order valence-electron chi connectivity index (χ0n) is 18.3. The third kappa shape index (κ3) is 4.42. The van der Waals surface area contributed by atoms with E-state index in [4.69, 9.17) is 10.8 Å². The molecule has 2 fully saturated rings. The van der Waals surface area contributed by atoms with Crippen LogP contribution < -0.4 is 16.2 Å². The van der Waals surface area contributed by atoms with Crippen LogP contribution in [0.25, 0.3) is 11.3 Å². The van der Waals surface area contributed by atoms with Gasteiger partial charge < -0.3 is 15.2 Å². The van der Waals surface area contributed by atoms with Gasteiger partial charge in [-0.25, -0.2) is 15.8 Å². The molecule has 2 atom stereocenters. The molecule has 5 rings (SSSR count). The van der Waals surface area contributed by atoms with E-state index < -0.39 is 0 Å². The Bertz CT molecular complexity index is 1140. The fourth-order valence-corrected chi connectivity index (χ4v) is 4.83. The summed E-state index contributed by atoms with van der Waals surface area (Å²) in [6.45, 7) is 3.64. The van der Waals surface area contributed by atoms with Crippen molar-refractivity contribution in [2.75, 3.05) is 31.1 Å². The normalized spacial score (nSPS) is 19.8. The lowest BCUT2D eigenvalue weighted by Crippen LogP contribution is -2.34. The molecule has 1 aromatic heterocycles. The molecular formula is C25H27N7O. The van der Waals surface area contributed by atoms with Gasteiger partial charge in [0.15, 0.2) is 0 Å². The predicted octanol–water partition coefficient (Wildman–Crippen LogP) is 2.34. The minimum Gasteiger partial charge on any atom is -0.340 e. The number of hydrazine groups is 1. The van der Waals surface area contributed by atoms with Crippen LogP contribution in [0.1, 0.15) is 15.9 Å². The first-order chi connectivity index (χ1) is 16.2.